The summed E-state index contributed by atoms with van der Waals surface area (Å²) in [5.74, 6) is -0.917. The first kappa shape index (κ1) is 27.7. The van der Waals surface area contributed by atoms with Crippen molar-refractivity contribution in [1.29, 1.82) is 5.26 Å². The molecule has 0 spiro atoms. The van der Waals surface area contributed by atoms with Crippen molar-refractivity contribution < 1.29 is 18.3 Å². The first-order valence-electron chi connectivity index (χ1n) is 13.1. The van der Waals surface area contributed by atoms with Gasteiger partial charge in [-0.1, -0.05) is 31.2 Å². The molecule has 1 fully saturated rings. The molecule has 2 aromatic carbocycles. The second kappa shape index (κ2) is 11.0. The zero-order valence-electron chi connectivity index (χ0n) is 22.2. The van der Waals surface area contributed by atoms with Crippen molar-refractivity contribution in [2.45, 2.75) is 48.4 Å². The van der Waals surface area contributed by atoms with Crippen LogP contribution in [0.1, 0.15) is 59.5 Å². The fraction of sp³-hybridized carbons (Fsp3) is 0.233. The van der Waals surface area contributed by atoms with E-state index >= 15 is 0 Å². The lowest BCUT2D eigenvalue weighted by atomic mass is 10.0. The molecule has 0 aliphatic heterocycles. The second-order valence-electron chi connectivity index (χ2n) is 9.98. The highest BCUT2D eigenvalue weighted by molar-refractivity contribution is 7.91. The fourth-order valence-electron chi connectivity index (χ4n) is 4.98. The molecule has 2 aromatic heterocycles. The second-order valence-corrected chi connectivity index (χ2v) is 11.9. The summed E-state index contributed by atoms with van der Waals surface area (Å²) >= 11 is 0. The van der Waals surface area contributed by atoms with Crippen LogP contribution < -0.4 is 11.3 Å². The summed E-state index contributed by atoms with van der Waals surface area (Å²) < 4.78 is 29.0. The highest BCUT2D eigenvalue weighted by Gasteiger charge is 2.33. The van der Waals surface area contributed by atoms with Crippen LogP contribution in [0, 0.1) is 17.2 Å². The number of primary amides is 1. The standard InChI is InChI=1S/C30H27N5O5S/c1-2-25(21-5-3-4-19(14-21)16-31)35-26(15-18-6-7-18)34-29(37)27(30(35)38)41(39,40)22-10-8-20(9-11-22)24-17-33-13-12-23(24)28(32)36/h3-5,8-14,17-18,25,37H,2,6-7,15H2,1H3,(H2,32,36). The quantitative estimate of drug-likeness (QED) is 0.307. The molecule has 11 heteroatoms. The number of rotatable bonds is 9. The average Bonchev–Trinajstić information content (AvgIpc) is 3.79. The minimum absolute atomic E-state index is 0.220. The Labute approximate surface area is 236 Å². The normalized spacial score (nSPS) is 13.9. The maximum Gasteiger partial charge on any atom is 0.277 e. The topological polar surface area (TPSA) is 169 Å². The molecule has 2 heterocycles. The van der Waals surface area contributed by atoms with Gasteiger partial charge in [-0.15, -0.1) is 0 Å². The number of nitriles is 1. The average molecular weight is 570 g/mol. The number of amides is 1. The van der Waals surface area contributed by atoms with Crippen molar-refractivity contribution in [3.8, 4) is 23.1 Å². The largest absolute Gasteiger partial charge is 0.492 e. The van der Waals surface area contributed by atoms with Gasteiger partial charge >= 0.3 is 0 Å². The van der Waals surface area contributed by atoms with Crippen LogP contribution >= 0.6 is 0 Å². The molecular weight excluding hydrogens is 542 g/mol. The van der Waals surface area contributed by atoms with Crippen LogP contribution in [0.5, 0.6) is 5.88 Å². The van der Waals surface area contributed by atoms with Gasteiger partial charge in [-0.3, -0.25) is 19.1 Å². The zero-order chi connectivity index (χ0) is 29.3. The zero-order valence-corrected chi connectivity index (χ0v) is 23.0. The van der Waals surface area contributed by atoms with E-state index in [1.54, 1.807) is 24.3 Å². The van der Waals surface area contributed by atoms with Gasteiger partial charge in [0.2, 0.25) is 21.6 Å². The van der Waals surface area contributed by atoms with Crippen LogP contribution in [0.15, 0.2) is 81.6 Å². The van der Waals surface area contributed by atoms with Gasteiger partial charge in [-0.2, -0.15) is 10.2 Å². The van der Waals surface area contributed by atoms with Crippen molar-refractivity contribution in [2.24, 2.45) is 11.7 Å². The summed E-state index contributed by atoms with van der Waals surface area (Å²) in [5.41, 5.74) is 6.79. The molecule has 5 rings (SSSR count). The Hall–Kier alpha value is -4.82. The first-order chi connectivity index (χ1) is 19.6. The molecule has 0 radical (unpaired) electrons. The van der Waals surface area contributed by atoms with Crippen molar-refractivity contribution in [3.05, 3.63) is 99.9 Å². The molecule has 1 amide bonds. The van der Waals surface area contributed by atoms with Crippen LogP contribution in [0.3, 0.4) is 0 Å². The molecule has 10 nitrogen and oxygen atoms in total. The summed E-state index contributed by atoms with van der Waals surface area (Å²) in [4.78, 5) is 33.1. The molecule has 0 bridgehead atoms. The predicted molar refractivity (Wildman–Crippen MR) is 150 cm³/mol. The van der Waals surface area contributed by atoms with Crippen LogP contribution in [0.2, 0.25) is 0 Å². The van der Waals surface area contributed by atoms with Crippen molar-refractivity contribution in [2.75, 3.05) is 0 Å². The van der Waals surface area contributed by atoms with Gasteiger partial charge in [-0.25, -0.2) is 8.42 Å². The Balaban J connectivity index is 1.64. The third kappa shape index (κ3) is 5.34. The lowest BCUT2D eigenvalue weighted by Crippen LogP contribution is -2.33. The number of aromatic nitrogens is 3. The number of carbonyl (C=O) groups excluding carboxylic acids is 1. The van der Waals surface area contributed by atoms with Crippen LogP contribution in [-0.4, -0.2) is 34.0 Å². The van der Waals surface area contributed by atoms with Crippen LogP contribution in [0.25, 0.3) is 11.1 Å². The fourth-order valence-corrected chi connectivity index (χ4v) is 6.33. The molecule has 41 heavy (non-hydrogen) atoms. The van der Waals surface area contributed by atoms with Gasteiger partial charge in [0.05, 0.1) is 22.6 Å². The van der Waals surface area contributed by atoms with E-state index in [-0.39, 0.29) is 10.5 Å². The number of hydrogen-bond donors (Lipinski definition) is 2. The molecule has 1 unspecified atom stereocenters. The number of nitrogens with two attached hydrogens (primary N) is 1. The molecule has 0 saturated heterocycles. The lowest BCUT2D eigenvalue weighted by Gasteiger charge is -2.23. The Morgan fingerprint density at radius 2 is 1.93 bits per heavy atom. The third-order valence-corrected chi connectivity index (χ3v) is 9.01. The highest BCUT2D eigenvalue weighted by atomic mass is 32.2. The van der Waals surface area contributed by atoms with E-state index in [1.165, 1.54) is 47.3 Å². The van der Waals surface area contributed by atoms with Crippen molar-refractivity contribution >= 4 is 15.7 Å². The van der Waals surface area contributed by atoms with Gasteiger partial charge in [-0.05, 0) is 66.6 Å². The van der Waals surface area contributed by atoms with Gasteiger partial charge in [0.1, 0.15) is 5.82 Å². The summed E-state index contributed by atoms with van der Waals surface area (Å²) in [6.45, 7) is 1.86. The van der Waals surface area contributed by atoms with E-state index < -0.39 is 38.1 Å². The van der Waals surface area contributed by atoms with E-state index in [0.717, 1.165) is 12.8 Å². The smallest absolute Gasteiger partial charge is 0.277 e. The van der Waals surface area contributed by atoms with E-state index in [0.29, 0.717) is 46.8 Å². The molecule has 1 saturated carbocycles. The molecule has 1 aliphatic carbocycles. The molecule has 3 N–H and O–H groups in total. The number of carbonyl (C=O) groups is 1. The number of hydrogen-bond acceptors (Lipinski definition) is 8. The summed E-state index contributed by atoms with van der Waals surface area (Å²) in [6, 6.07) is 15.3. The number of pyridine rings is 1. The maximum absolute atomic E-state index is 14.0. The summed E-state index contributed by atoms with van der Waals surface area (Å²) in [6.07, 6.45) is 5.62. The molecule has 1 aliphatic rings. The summed E-state index contributed by atoms with van der Waals surface area (Å²) in [5, 5.41) is 20.3. The highest BCUT2D eigenvalue weighted by Crippen LogP contribution is 2.35. The number of benzene rings is 2. The van der Waals surface area contributed by atoms with Gasteiger partial charge in [0, 0.05) is 29.9 Å². The molecule has 4 aromatic rings. The predicted octanol–water partition coefficient (Wildman–Crippen LogP) is 3.77. The Bertz CT molecular complexity index is 1860. The molecular formula is C30H27N5O5S. The minimum atomic E-state index is -4.52. The first-order valence-corrected chi connectivity index (χ1v) is 14.6. The Morgan fingerprint density at radius 1 is 1.20 bits per heavy atom. The van der Waals surface area contributed by atoms with E-state index in [2.05, 4.69) is 16.0 Å². The number of aromatic hydroxyl groups is 1. The number of nitrogens with zero attached hydrogens (tertiary/aromatic N) is 4. The van der Waals surface area contributed by atoms with Gasteiger partial charge < -0.3 is 10.8 Å². The molecule has 208 valence electrons. The van der Waals surface area contributed by atoms with Gasteiger partial charge in [0.25, 0.3) is 5.56 Å². The van der Waals surface area contributed by atoms with E-state index in [1.807, 2.05) is 6.92 Å². The van der Waals surface area contributed by atoms with Crippen LogP contribution in [0.4, 0.5) is 0 Å². The third-order valence-electron chi connectivity index (χ3n) is 7.23. The van der Waals surface area contributed by atoms with E-state index in [4.69, 9.17) is 5.73 Å². The minimum Gasteiger partial charge on any atom is -0.492 e. The summed E-state index contributed by atoms with van der Waals surface area (Å²) in [7, 11) is -4.52. The SMILES string of the molecule is CCC(c1cccc(C#N)c1)n1c(CC2CC2)nc(O)c(S(=O)(=O)c2ccc(-c3cnccc3C(N)=O)cc2)c1=O. The molecule has 1 atom stereocenters. The van der Waals surface area contributed by atoms with Crippen molar-refractivity contribution in [3.63, 3.8) is 0 Å². The van der Waals surface area contributed by atoms with Gasteiger partial charge in [0.15, 0.2) is 4.90 Å². The Kier molecular flexibility index (Phi) is 7.43. The maximum atomic E-state index is 14.0. The lowest BCUT2D eigenvalue weighted by molar-refractivity contribution is 0.100. The van der Waals surface area contributed by atoms with Crippen molar-refractivity contribution in [1.82, 2.24) is 14.5 Å². The van der Waals surface area contributed by atoms with Crippen LogP contribution in [-0.2, 0) is 16.3 Å². The van der Waals surface area contributed by atoms with E-state index in [9.17, 15) is 28.4 Å². The Morgan fingerprint density at radius 3 is 2.56 bits per heavy atom. The monoisotopic (exact) mass is 569 g/mol. The number of sulfone groups is 1.